The first-order valence-electron chi connectivity index (χ1n) is 8.29. The molecule has 0 bridgehead atoms. The maximum atomic E-state index is 13.1. The van der Waals surface area contributed by atoms with Gasteiger partial charge in [0.15, 0.2) is 0 Å². The Morgan fingerprint density at radius 3 is 2.72 bits per heavy atom. The second-order valence-corrected chi connectivity index (χ2v) is 6.24. The zero-order valence-electron chi connectivity index (χ0n) is 13.7. The monoisotopic (exact) mass is 335 g/mol. The van der Waals surface area contributed by atoms with E-state index in [0.29, 0.717) is 19.5 Å². The van der Waals surface area contributed by atoms with Crippen LogP contribution in [0.3, 0.4) is 0 Å². The molecule has 2 heterocycles. The number of carbonyl (C=O) groups excluding carboxylic acids is 1. The number of anilines is 1. The summed E-state index contributed by atoms with van der Waals surface area (Å²) in [6.07, 6.45) is 2.24. The Morgan fingerprint density at radius 1 is 1.20 bits per heavy atom. The number of nitrogens with zero attached hydrogens (tertiary/aromatic N) is 3. The van der Waals surface area contributed by atoms with E-state index in [1.165, 1.54) is 12.1 Å². The normalized spacial score (nSPS) is 17.4. The van der Waals surface area contributed by atoms with Gasteiger partial charge >= 0.3 is 0 Å². The van der Waals surface area contributed by atoms with Crippen molar-refractivity contribution in [3.05, 3.63) is 72.8 Å². The van der Waals surface area contributed by atoms with E-state index in [2.05, 4.69) is 11.1 Å². The lowest BCUT2D eigenvalue weighted by atomic mass is 10.1. The molecule has 25 heavy (non-hydrogen) atoms. The summed E-state index contributed by atoms with van der Waals surface area (Å²) in [7, 11) is 0. The molecule has 5 heteroatoms. The van der Waals surface area contributed by atoms with Crippen molar-refractivity contribution >= 4 is 22.6 Å². The van der Waals surface area contributed by atoms with Crippen LogP contribution < -0.4 is 4.90 Å². The summed E-state index contributed by atoms with van der Waals surface area (Å²) in [4.78, 5) is 19.0. The maximum Gasteiger partial charge on any atom is 0.227 e. The van der Waals surface area contributed by atoms with Gasteiger partial charge in [-0.25, -0.2) is 9.37 Å². The van der Waals surface area contributed by atoms with Crippen molar-refractivity contribution in [1.82, 2.24) is 9.55 Å². The number of allylic oxidation sites excluding steroid dienone is 1. The Bertz CT molecular complexity index is 945. The van der Waals surface area contributed by atoms with E-state index in [0.717, 1.165) is 22.5 Å². The van der Waals surface area contributed by atoms with Gasteiger partial charge in [0.25, 0.3) is 0 Å². The lowest BCUT2D eigenvalue weighted by molar-refractivity contribution is -0.117. The largest absolute Gasteiger partial charge is 0.324 e. The topological polar surface area (TPSA) is 38.1 Å². The molecule has 3 aromatic rings. The quantitative estimate of drug-likeness (QED) is 0.679. The van der Waals surface area contributed by atoms with Crippen LogP contribution in [-0.4, -0.2) is 22.0 Å². The van der Waals surface area contributed by atoms with Crippen molar-refractivity contribution in [2.24, 2.45) is 0 Å². The van der Waals surface area contributed by atoms with E-state index >= 15 is 0 Å². The van der Waals surface area contributed by atoms with Crippen LogP contribution in [-0.2, 0) is 11.3 Å². The predicted octanol–water partition coefficient (Wildman–Crippen LogP) is 3.88. The molecule has 0 aliphatic carbocycles. The molecular weight excluding hydrogens is 317 g/mol. The van der Waals surface area contributed by atoms with Crippen LogP contribution in [0.4, 0.5) is 10.1 Å². The summed E-state index contributed by atoms with van der Waals surface area (Å²) in [5, 5.41) is 0. The minimum absolute atomic E-state index is 0.00454. The van der Waals surface area contributed by atoms with E-state index in [-0.39, 0.29) is 17.6 Å². The minimum atomic E-state index is -0.306. The molecule has 1 atom stereocenters. The highest BCUT2D eigenvalue weighted by molar-refractivity contribution is 5.96. The van der Waals surface area contributed by atoms with Crippen LogP contribution in [0.5, 0.6) is 0 Å². The molecule has 126 valence electrons. The fourth-order valence-corrected chi connectivity index (χ4v) is 3.48. The third-order valence-corrected chi connectivity index (χ3v) is 4.62. The van der Waals surface area contributed by atoms with Gasteiger partial charge in [-0.1, -0.05) is 18.2 Å². The van der Waals surface area contributed by atoms with E-state index < -0.39 is 0 Å². The number of hydrogen-bond acceptors (Lipinski definition) is 2. The molecule has 1 aliphatic rings. The first-order valence-corrected chi connectivity index (χ1v) is 8.29. The van der Waals surface area contributed by atoms with Crippen molar-refractivity contribution in [1.29, 1.82) is 0 Å². The molecule has 0 radical (unpaired) electrons. The second kappa shape index (κ2) is 6.16. The van der Waals surface area contributed by atoms with Gasteiger partial charge in [-0.05, 0) is 36.4 Å². The fraction of sp³-hybridized carbons (Fsp3) is 0.200. The fourth-order valence-electron chi connectivity index (χ4n) is 3.48. The SMILES string of the molecule is C=CCn1c(C2CC(=O)N(c3ccc(F)cc3)C2)nc2ccccc21. The third kappa shape index (κ3) is 2.71. The number of para-hydroxylation sites is 2. The predicted molar refractivity (Wildman–Crippen MR) is 96.0 cm³/mol. The summed E-state index contributed by atoms with van der Waals surface area (Å²) < 4.78 is 15.3. The first kappa shape index (κ1) is 15.6. The van der Waals surface area contributed by atoms with Crippen LogP contribution in [0.15, 0.2) is 61.2 Å². The van der Waals surface area contributed by atoms with Gasteiger partial charge in [-0.2, -0.15) is 0 Å². The number of hydrogen-bond donors (Lipinski definition) is 0. The number of imidazole rings is 1. The summed E-state index contributed by atoms with van der Waals surface area (Å²) in [5.41, 5.74) is 2.69. The van der Waals surface area contributed by atoms with Gasteiger partial charge in [0, 0.05) is 31.1 Å². The van der Waals surface area contributed by atoms with Crippen LogP contribution in [0.1, 0.15) is 18.2 Å². The number of benzene rings is 2. The molecule has 0 saturated carbocycles. The molecule has 0 spiro atoms. The molecule has 4 rings (SSSR count). The lowest BCUT2D eigenvalue weighted by Crippen LogP contribution is -2.24. The Kier molecular flexibility index (Phi) is 3.84. The molecule has 2 aromatic carbocycles. The smallest absolute Gasteiger partial charge is 0.227 e. The first-order chi connectivity index (χ1) is 12.2. The molecule has 1 saturated heterocycles. The van der Waals surface area contributed by atoms with Crippen LogP contribution in [0.2, 0.25) is 0 Å². The van der Waals surface area contributed by atoms with Crippen LogP contribution in [0.25, 0.3) is 11.0 Å². The Balaban J connectivity index is 1.70. The van der Waals surface area contributed by atoms with E-state index in [1.807, 2.05) is 30.3 Å². The van der Waals surface area contributed by atoms with E-state index in [9.17, 15) is 9.18 Å². The zero-order valence-corrected chi connectivity index (χ0v) is 13.7. The molecule has 0 N–H and O–H groups in total. The van der Waals surface area contributed by atoms with Crippen LogP contribution >= 0.6 is 0 Å². The molecule has 1 aromatic heterocycles. The maximum absolute atomic E-state index is 13.1. The van der Waals surface area contributed by atoms with Crippen molar-refractivity contribution in [3.63, 3.8) is 0 Å². The summed E-state index contributed by atoms with van der Waals surface area (Å²) >= 11 is 0. The zero-order chi connectivity index (χ0) is 17.4. The molecule has 1 amide bonds. The van der Waals surface area contributed by atoms with E-state index in [1.54, 1.807) is 17.0 Å². The average molecular weight is 335 g/mol. The number of rotatable bonds is 4. The van der Waals surface area contributed by atoms with Crippen LogP contribution in [0, 0.1) is 5.82 Å². The molecule has 4 nitrogen and oxygen atoms in total. The summed E-state index contributed by atoms with van der Waals surface area (Å²) in [6.45, 7) is 5.03. The molecule has 1 aliphatic heterocycles. The van der Waals surface area contributed by atoms with Gasteiger partial charge < -0.3 is 9.47 Å². The number of halogens is 1. The van der Waals surface area contributed by atoms with Crippen molar-refractivity contribution in [2.75, 3.05) is 11.4 Å². The molecule has 1 unspecified atom stereocenters. The summed E-state index contributed by atoms with van der Waals surface area (Å²) in [5.74, 6) is 0.637. The standard InChI is InChI=1S/C20H18FN3O/c1-2-11-23-18-6-4-3-5-17(18)22-20(23)14-12-19(25)24(13-14)16-9-7-15(21)8-10-16/h2-10,14H,1,11-13H2. The van der Waals surface area contributed by atoms with E-state index in [4.69, 9.17) is 4.98 Å². The highest BCUT2D eigenvalue weighted by Gasteiger charge is 2.34. The van der Waals surface area contributed by atoms with Gasteiger partial charge in [0.05, 0.1) is 11.0 Å². The third-order valence-electron chi connectivity index (χ3n) is 4.62. The van der Waals surface area contributed by atoms with Gasteiger partial charge in [0.2, 0.25) is 5.91 Å². The Hall–Kier alpha value is -2.95. The number of carbonyl (C=O) groups is 1. The highest BCUT2D eigenvalue weighted by Crippen LogP contribution is 2.33. The minimum Gasteiger partial charge on any atom is -0.324 e. The van der Waals surface area contributed by atoms with Gasteiger partial charge in [-0.3, -0.25) is 4.79 Å². The summed E-state index contributed by atoms with van der Waals surface area (Å²) in [6, 6.07) is 14.0. The van der Waals surface area contributed by atoms with Gasteiger partial charge in [-0.15, -0.1) is 6.58 Å². The highest BCUT2D eigenvalue weighted by atomic mass is 19.1. The van der Waals surface area contributed by atoms with Crippen molar-refractivity contribution in [2.45, 2.75) is 18.9 Å². The Labute approximate surface area is 145 Å². The number of fused-ring (bicyclic) bond motifs is 1. The molecule has 1 fully saturated rings. The van der Waals surface area contributed by atoms with Crippen molar-refractivity contribution in [3.8, 4) is 0 Å². The second-order valence-electron chi connectivity index (χ2n) is 6.24. The lowest BCUT2D eigenvalue weighted by Gasteiger charge is -2.17. The molecular formula is C20H18FN3O. The number of aromatic nitrogens is 2. The average Bonchev–Trinajstić information content (AvgIpc) is 3.17. The van der Waals surface area contributed by atoms with Gasteiger partial charge in [0.1, 0.15) is 11.6 Å². The Morgan fingerprint density at radius 2 is 1.96 bits per heavy atom. The van der Waals surface area contributed by atoms with Crippen molar-refractivity contribution < 1.29 is 9.18 Å². The number of amides is 1.